The van der Waals surface area contributed by atoms with E-state index in [0.717, 1.165) is 4.70 Å². The monoisotopic (exact) mass is 208 g/mol. The minimum Gasteiger partial charge on any atom is -0.508 e. The highest BCUT2D eigenvalue weighted by molar-refractivity contribution is 7.17. The molecule has 0 spiro atoms. The van der Waals surface area contributed by atoms with E-state index >= 15 is 0 Å². The van der Waals surface area contributed by atoms with Crippen LogP contribution in [0.25, 0.3) is 10.1 Å². The Hall–Kier alpha value is -1.55. The maximum Gasteiger partial charge on any atom is 0.336 e. The molecule has 0 radical (unpaired) electrons. The molecule has 2 rings (SSSR count). The number of fused-ring (bicyclic) bond motifs is 1. The molecular weight excluding hydrogens is 200 g/mol. The predicted octanol–water partition coefficient (Wildman–Crippen LogP) is 2.61. The van der Waals surface area contributed by atoms with Gasteiger partial charge in [-0.1, -0.05) is 0 Å². The van der Waals surface area contributed by atoms with Crippen LogP contribution < -0.4 is 0 Å². The Morgan fingerprint density at radius 2 is 2.21 bits per heavy atom. The van der Waals surface area contributed by atoms with Crippen molar-refractivity contribution in [1.29, 1.82) is 0 Å². The van der Waals surface area contributed by atoms with E-state index < -0.39 is 5.97 Å². The molecule has 2 N–H and O–H groups in total. The van der Waals surface area contributed by atoms with Crippen LogP contribution in [0.15, 0.2) is 17.5 Å². The summed E-state index contributed by atoms with van der Waals surface area (Å²) < 4.78 is 0.797. The summed E-state index contributed by atoms with van der Waals surface area (Å²) in [6, 6.07) is 3.36. The fourth-order valence-electron chi connectivity index (χ4n) is 1.48. The van der Waals surface area contributed by atoms with Crippen molar-refractivity contribution in [3.05, 3.63) is 28.6 Å². The molecule has 0 atom stereocenters. The van der Waals surface area contributed by atoms with Crippen LogP contribution in [0.2, 0.25) is 0 Å². The highest BCUT2D eigenvalue weighted by Gasteiger charge is 2.15. The van der Waals surface area contributed by atoms with Crippen molar-refractivity contribution in [1.82, 2.24) is 0 Å². The van der Waals surface area contributed by atoms with Gasteiger partial charge in [0.05, 0.1) is 5.56 Å². The molecule has 2 aromatic rings. The number of aromatic carboxylic acids is 1. The summed E-state index contributed by atoms with van der Waals surface area (Å²) in [5, 5.41) is 21.0. The van der Waals surface area contributed by atoms with Gasteiger partial charge in [-0.05, 0) is 24.4 Å². The summed E-state index contributed by atoms with van der Waals surface area (Å²) in [5.74, 6) is -0.959. The van der Waals surface area contributed by atoms with Gasteiger partial charge in [0.25, 0.3) is 0 Å². The van der Waals surface area contributed by atoms with Gasteiger partial charge in [-0.25, -0.2) is 4.79 Å². The topological polar surface area (TPSA) is 57.5 Å². The normalized spacial score (nSPS) is 10.6. The Labute approximate surface area is 84.2 Å². The van der Waals surface area contributed by atoms with Crippen LogP contribution in [0, 0.1) is 6.92 Å². The lowest BCUT2D eigenvalue weighted by Crippen LogP contribution is -2.00. The molecule has 72 valence electrons. The summed E-state index contributed by atoms with van der Waals surface area (Å²) in [4.78, 5) is 11.0. The molecular formula is C10H8O3S. The number of benzene rings is 1. The maximum absolute atomic E-state index is 11.0. The van der Waals surface area contributed by atoms with Gasteiger partial charge in [-0.3, -0.25) is 0 Å². The van der Waals surface area contributed by atoms with Crippen LogP contribution in [0.3, 0.4) is 0 Å². The van der Waals surface area contributed by atoms with Gasteiger partial charge in [0.2, 0.25) is 0 Å². The number of carboxylic acids is 1. The summed E-state index contributed by atoms with van der Waals surface area (Å²) in [6.07, 6.45) is 0. The highest BCUT2D eigenvalue weighted by atomic mass is 32.1. The molecule has 1 heterocycles. The molecule has 0 aliphatic heterocycles. The van der Waals surface area contributed by atoms with Crippen LogP contribution in [0.1, 0.15) is 15.9 Å². The van der Waals surface area contributed by atoms with E-state index in [-0.39, 0.29) is 11.3 Å². The van der Waals surface area contributed by atoms with Gasteiger partial charge in [0, 0.05) is 15.6 Å². The van der Waals surface area contributed by atoms with E-state index in [4.69, 9.17) is 5.11 Å². The van der Waals surface area contributed by atoms with Crippen molar-refractivity contribution in [3.8, 4) is 5.75 Å². The smallest absolute Gasteiger partial charge is 0.336 e. The van der Waals surface area contributed by atoms with Gasteiger partial charge in [0.1, 0.15) is 5.75 Å². The first kappa shape index (κ1) is 9.02. The summed E-state index contributed by atoms with van der Waals surface area (Å²) in [6.45, 7) is 1.61. The summed E-state index contributed by atoms with van der Waals surface area (Å²) in [5.41, 5.74) is 0.615. The Bertz CT molecular complexity index is 513. The highest BCUT2D eigenvalue weighted by Crippen LogP contribution is 2.32. The number of carboxylic acid groups (broad SMARTS) is 1. The first-order valence-electron chi connectivity index (χ1n) is 4.04. The summed E-state index contributed by atoms with van der Waals surface area (Å²) >= 11 is 1.42. The van der Waals surface area contributed by atoms with Gasteiger partial charge < -0.3 is 10.2 Å². The first-order valence-corrected chi connectivity index (χ1v) is 4.92. The van der Waals surface area contributed by atoms with Crippen molar-refractivity contribution in [2.75, 3.05) is 0 Å². The molecule has 1 aromatic heterocycles. The third-order valence-electron chi connectivity index (χ3n) is 2.21. The van der Waals surface area contributed by atoms with Crippen LogP contribution >= 0.6 is 11.3 Å². The molecule has 1 aromatic carbocycles. The van der Waals surface area contributed by atoms with Crippen molar-refractivity contribution in [3.63, 3.8) is 0 Å². The molecule has 0 fully saturated rings. The molecule has 14 heavy (non-hydrogen) atoms. The lowest BCUT2D eigenvalue weighted by Gasteiger charge is -2.04. The molecule has 3 nitrogen and oxygen atoms in total. The molecule has 4 heteroatoms. The molecule has 0 amide bonds. The SMILES string of the molecule is Cc1c(O)cc2sccc2c1C(=O)O. The lowest BCUT2D eigenvalue weighted by molar-refractivity contribution is 0.0698. The van der Waals surface area contributed by atoms with E-state index in [0.29, 0.717) is 10.9 Å². The van der Waals surface area contributed by atoms with Gasteiger partial charge in [-0.15, -0.1) is 11.3 Å². The zero-order valence-electron chi connectivity index (χ0n) is 7.44. The third-order valence-corrected chi connectivity index (χ3v) is 3.07. The quantitative estimate of drug-likeness (QED) is 0.757. The number of hydrogen-bond acceptors (Lipinski definition) is 3. The van der Waals surface area contributed by atoms with E-state index in [2.05, 4.69) is 0 Å². The second-order valence-electron chi connectivity index (χ2n) is 3.03. The standard InChI is InChI=1S/C10H8O3S/c1-5-7(11)4-8-6(2-3-14-8)9(5)10(12)13/h2-4,11H,1H3,(H,12,13). The molecule has 0 aliphatic carbocycles. The van der Waals surface area contributed by atoms with Crippen LogP contribution in [0.5, 0.6) is 5.75 Å². The maximum atomic E-state index is 11.0. The minimum atomic E-state index is -0.998. The van der Waals surface area contributed by atoms with Crippen LogP contribution in [-0.4, -0.2) is 16.2 Å². The predicted molar refractivity (Wildman–Crippen MR) is 55.2 cm³/mol. The molecule has 0 aliphatic rings. The van der Waals surface area contributed by atoms with E-state index in [1.54, 1.807) is 19.1 Å². The number of carbonyl (C=O) groups is 1. The molecule has 0 saturated heterocycles. The van der Waals surface area contributed by atoms with Crippen LogP contribution in [-0.2, 0) is 0 Å². The fourth-order valence-corrected chi connectivity index (χ4v) is 2.30. The molecule has 0 bridgehead atoms. The number of phenolic OH excluding ortho intramolecular Hbond substituents is 1. The third kappa shape index (κ3) is 1.15. The molecule has 0 unspecified atom stereocenters. The zero-order valence-corrected chi connectivity index (χ0v) is 8.26. The van der Waals surface area contributed by atoms with Gasteiger partial charge in [0.15, 0.2) is 0 Å². The van der Waals surface area contributed by atoms with Crippen LogP contribution in [0.4, 0.5) is 0 Å². The minimum absolute atomic E-state index is 0.0392. The van der Waals surface area contributed by atoms with Crippen molar-refractivity contribution >= 4 is 27.4 Å². The largest absolute Gasteiger partial charge is 0.508 e. The van der Waals surface area contributed by atoms with Crippen molar-refractivity contribution in [2.24, 2.45) is 0 Å². The van der Waals surface area contributed by atoms with E-state index in [9.17, 15) is 9.90 Å². The summed E-state index contributed by atoms with van der Waals surface area (Å²) in [7, 11) is 0. The average molecular weight is 208 g/mol. The number of hydrogen-bond donors (Lipinski definition) is 2. The van der Waals surface area contributed by atoms with Crippen molar-refractivity contribution < 1.29 is 15.0 Å². The average Bonchev–Trinajstić information content (AvgIpc) is 2.52. The number of aromatic hydroxyl groups is 1. The Morgan fingerprint density at radius 3 is 2.86 bits per heavy atom. The Kier molecular flexibility index (Phi) is 1.93. The first-order chi connectivity index (χ1) is 6.61. The fraction of sp³-hybridized carbons (Fsp3) is 0.100. The molecule has 0 saturated carbocycles. The Morgan fingerprint density at radius 1 is 1.50 bits per heavy atom. The lowest BCUT2D eigenvalue weighted by atomic mass is 10.0. The second-order valence-corrected chi connectivity index (χ2v) is 3.98. The van der Waals surface area contributed by atoms with E-state index in [1.165, 1.54) is 11.3 Å². The number of rotatable bonds is 1. The van der Waals surface area contributed by atoms with Gasteiger partial charge >= 0.3 is 5.97 Å². The number of thiophene rings is 1. The number of phenols is 1. The second kappa shape index (κ2) is 2.99. The zero-order chi connectivity index (χ0) is 10.3. The Balaban J connectivity index is 2.93. The van der Waals surface area contributed by atoms with Crippen molar-refractivity contribution in [2.45, 2.75) is 6.92 Å². The van der Waals surface area contributed by atoms with E-state index in [1.807, 2.05) is 5.38 Å². The van der Waals surface area contributed by atoms with Gasteiger partial charge in [-0.2, -0.15) is 0 Å².